The molecule has 0 radical (unpaired) electrons. The number of aliphatic hydroxyl groups excluding tert-OH is 1. The van der Waals surface area contributed by atoms with E-state index in [4.69, 9.17) is 5.11 Å². The van der Waals surface area contributed by atoms with Gasteiger partial charge in [-0.15, -0.1) is 35.3 Å². The Labute approximate surface area is 142 Å². The minimum atomic E-state index is -4.39. The highest BCUT2D eigenvalue weighted by Crippen LogP contribution is 2.29. The maximum atomic E-state index is 12.4. The third-order valence-corrected chi connectivity index (χ3v) is 3.10. The molecule has 0 aromatic carbocycles. The van der Waals surface area contributed by atoms with E-state index >= 15 is 0 Å². The van der Waals surface area contributed by atoms with E-state index in [9.17, 15) is 13.2 Å². The Hall–Kier alpha value is -0.620. The fourth-order valence-corrected chi connectivity index (χ4v) is 2.15. The van der Waals surface area contributed by atoms with Crippen molar-refractivity contribution in [2.45, 2.75) is 19.5 Å². The molecule has 0 aliphatic rings. The van der Waals surface area contributed by atoms with Crippen LogP contribution < -0.4 is 10.6 Å². The van der Waals surface area contributed by atoms with Crippen LogP contribution in [0.5, 0.6) is 0 Å². The quantitative estimate of drug-likeness (QED) is 0.361. The number of alkyl halides is 3. The van der Waals surface area contributed by atoms with Crippen LogP contribution in [-0.4, -0.2) is 42.3 Å². The van der Waals surface area contributed by atoms with Gasteiger partial charge in [0.2, 0.25) is 0 Å². The topological polar surface area (TPSA) is 69.5 Å². The zero-order valence-electron chi connectivity index (χ0n) is 11.4. The van der Waals surface area contributed by atoms with Crippen molar-refractivity contribution in [1.29, 1.82) is 0 Å². The SMILES string of the molecule is CCNC(=NCCO)NCCc1nc(C(F)(F)F)cs1.I. The predicted octanol–water partition coefficient (Wildman–Crippen LogP) is 1.87. The summed E-state index contributed by atoms with van der Waals surface area (Å²) in [5.41, 5.74) is -0.849. The van der Waals surface area contributed by atoms with E-state index in [1.54, 1.807) is 0 Å². The highest BCUT2D eigenvalue weighted by molar-refractivity contribution is 14.0. The van der Waals surface area contributed by atoms with Gasteiger partial charge < -0.3 is 15.7 Å². The lowest BCUT2D eigenvalue weighted by atomic mass is 10.4. The van der Waals surface area contributed by atoms with E-state index in [0.29, 0.717) is 30.5 Å². The molecule has 0 atom stereocenters. The van der Waals surface area contributed by atoms with Crippen molar-refractivity contribution in [3.8, 4) is 0 Å². The smallest absolute Gasteiger partial charge is 0.394 e. The largest absolute Gasteiger partial charge is 0.434 e. The normalized spacial score (nSPS) is 12.0. The Morgan fingerprint density at radius 2 is 2.14 bits per heavy atom. The number of hydrogen-bond acceptors (Lipinski definition) is 4. The Balaban J connectivity index is 0.00000400. The number of halogens is 4. The van der Waals surface area contributed by atoms with Crippen molar-refractivity contribution >= 4 is 41.3 Å². The second-order valence-corrected chi connectivity index (χ2v) is 4.73. The highest BCUT2D eigenvalue weighted by atomic mass is 127. The molecular weight excluding hydrogens is 420 g/mol. The van der Waals surface area contributed by atoms with E-state index in [1.165, 1.54) is 0 Å². The van der Waals surface area contributed by atoms with Gasteiger partial charge in [-0.25, -0.2) is 4.98 Å². The van der Waals surface area contributed by atoms with Gasteiger partial charge in [0.1, 0.15) is 0 Å². The molecule has 21 heavy (non-hydrogen) atoms. The van der Waals surface area contributed by atoms with Gasteiger partial charge >= 0.3 is 6.18 Å². The molecule has 0 saturated heterocycles. The monoisotopic (exact) mass is 438 g/mol. The first kappa shape index (κ1) is 20.4. The number of hydrogen-bond donors (Lipinski definition) is 3. The molecule has 0 amide bonds. The Morgan fingerprint density at radius 1 is 1.43 bits per heavy atom. The second-order valence-electron chi connectivity index (χ2n) is 3.79. The van der Waals surface area contributed by atoms with Gasteiger partial charge in [-0.1, -0.05) is 0 Å². The lowest BCUT2D eigenvalue weighted by Crippen LogP contribution is -2.38. The first-order valence-corrected chi connectivity index (χ1v) is 7.00. The van der Waals surface area contributed by atoms with Crippen LogP contribution in [0.1, 0.15) is 17.6 Å². The summed E-state index contributed by atoms with van der Waals surface area (Å²) in [6.45, 7) is 3.18. The van der Waals surface area contributed by atoms with Gasteiger partial charge in [0, 0.05) is 24.9 Å². The molecule has 122 valence electrons. The van der Waals surface area contributed by atoms with Crippen molar-refractivity contribution in [3.63, 3.8) is 0 Å². The fourth-order valence-electron chi connectivity index (χ4n) is 1.35. The molecular formula is C11H18F3IN4OS. The molecule has 1 heterocycles. The number of aromatic nitrogens is 1. The third kappa shape index (κ3) is 7.81. The average molecular weight is 438 g/mol. The van der Waals surface area contributed by atoms with Crippen molar-refractivity contribution in [2.75, 3.05) is 26.2 Å². The van der Waals surface area contributed by atoms with Gasteiger partial charge in [0.25, 0.3) is 0 Å². The van der Waals surface area contributed by atoms with Gasteiger partial charge in [0.05, 0.1) is 18.2 Å². The summed E-state index contributed by atoms with van der Waals surface area (Å²) in [6, 6.07) is 0. The van der Waals surface area contributed by atoms with E-state index in [1.807, 2.05) is 6.92 Å². The van der Waals surface area contributed by atoms with Gasteiger partial charge in [-0.2, -0.15) is 13.2 Å². The number of guanidine groups is 1. The van der Waals surface area contributed by atoms with Crippen molar-refractivity contribution in [1.82, 2.24) is 15.6 Å². The molecule has 0 aliphatic carbocycles. The highest BCUT2D eigenvalue weighted by Gasteiger charge is 2.33. The Bertz CT molecular complexity index is 439. The molecule has 0 bridgehead atoms. The fraction of sp³-hybridized carbons (Fsp3) is 0.636. The molecule has 10 heteroatoms. The lowest BCUT2D eigenvalue weighted by Gasteiger charge is -2.10. The summed E-state index contributed by atoms with van der Waals surface area (Å²) in [5.74, 6) is 0.522. The maximum absolute atomic E-state index is 12.4. The molecule has 0 saturated carbocycles. The van der Waals surface area contributed by atoms with E-state index in [-0.39, 0.29) is 37.1 Å². The molecule has 1 rings (SSSR count). The van der Waals surface area contributed by atoms with Gasteiger partial charge in [-0.05, 0) is 6.92 Å². The van der Waals surface area contributed by atoms with E-state index in [2.05, 4.69) is 20.6 Å². The summed E-state index contributed by atoms with van der Waals surface area (Å²) >= 11 is 0.988. The van der Waals surface area contributed by atoms with Crippen molar-refractivity contribution in [3.05, 3.63) is 16.1 Å². The number of aliphatic hydroxyl groups is 1. The number of thiazole rings is 1. The van der Waals surface area contributed by atoms with Crippen molar-refractivity contribution in [2.24, 2.45) is 4.99 Å². The maximum Gasteiger partial charge on any atom is 0.434 e. The third-order valence-electron chi connectivity index (χ3n) is 2.19. The lowest BCUT2D eigenvalue weighted by molar-refractivity contribution is -0.140. The number of nitrogens with one attached hydrogen (secondary N) is 2. The number of nitrogens with zero attached hydrogens (tertiary/aromatic N) is 2. The van der Waals surface area contributed by atoms with Gasteiger partial charge in [-0.3, -0.25) is 4.99 Å². The van der Waals surface area contributed by atoms with E-state index < -0.39 is 11.9 Å². The first-order valence-electron chi connectivity index (χ1n) is 6.12. The number of aliphatic imine (C=N–C) groups is 1. The first-order chi connectivity index (χ1) is 9.47. The van der Waals surface area contributed by atoms with Crippen LogP contribution >= 0.6 is 35.3 Å². The average Bonchev–Trinajstić information content (AvgIpc) is 2.84. The Kier molecular flexibility index (Phi) is 9.86. The summed E-state index contributed by atoms with van der Waals surface area (Å²) in [4.78, 5) is 7.59. The van der Waals surface area contributed by atoms with Crippen LogP contribution in [0.4, 0.5) is 13.2 Å². The zero-order valence-corrected chi connectivity index (χ0v) is 14.6. The van der Waals surface area contributed by atoms with Crippen LogP contribution in [0.2, 0.25) is 0 Å². The molecule has 0 fully saturated rings. The van der Waals surface area contributed by atoms with Crippen LogP contribution in [0, 0.1) is 0 Å². The molecule has 0 unspecified atom stereocenters. The number of rotatable bonds is 6. The summed E-state index contributed by atoms with van der Waals surface area (Å²) < 4.78 is 37.1. The molecule has 1 aromatic rings. The summed E-state index contributed by atoms with van der Waals surface area (Å²) in [5, 5.41) is 16.1. The van der Waals surface area contributed by atoms with Crippen LogP contribution in [0.15, 0.2) is 10.4 Å². The van der Waals surface area contributed by atoms with Gasteiger partial charge in [0.15, 0.2) is 11.7 Å². The molecule has 1 aromatic heterocycles. The van der Waals surface area contributed by atoms with Crippen LogP contribution in [0.3, 0.4) is 0 Å². The standard InChI is InChI=1S/C11H17F3N4OS.HI/c1-2-15-10(17-5-6-19)16-4-3-9-18-8(7-20-9)11(12,13)14;/h7,19H,2-6H2,1H3,(H2,15,16,17);1H. The Morgan fingerprint density at radius 3 is 2.67 bits per heavy atom. The predicted molar refractivity (Wildman–Crippen MR) is 87.3 cm³/mol. The van der Waals surface area contributed by atoms with Crippen LogP contribution in [-0.2, 0) is 12.6 Å². The minimum Gasteiger partial charge on any atom is -0.394 e. The summed E-state index contributed by atoms with van der Waals surface area (Å²) in [7, 11) is 0. The minimum absolute atomic E-state index is 0. The molecule has 5 nitrogen and oxygen atoms in total. The zero-order chi connectivity index (χ0) is 15.0. The van der Waals surface area contributed by atoms with E-state index in [0.717, 1.165) is 16.7 Å². The molecule has 0 spiro atoms. The second kappa shape index (κ2) is 10.2. The summed E-state index contributed by atoms with van der Waals surface area (Å²) in [6.07, 6.45) is -4.01. The van der Waals surface area contributed by atoms with Crippen molar-refractivity contribution < 1.29 is 18.3 Å². The van der Waals surface area contributed by atoms with Crippen LogP contribution in [0.25, 0.3) is 0 Å². The molecule has 0 aliphatic heterocycles. The molecule has 3 N–H and O–H groups in total.